The normalized spacial score (nSPS) is 10.9. The van der Waals surface area contributed by atoms with Gasteiger partial charge in [0.15, 0.2) is 0 Å². The molecule has 9 heteroatoms. The number of carbonyl (C=O) groups is 1. The van der Waals surface area contributed by atoms with Crippen LogP contribution in [0.5, 0.6) is 0 Å². The van der Waals surface area contributed by atoms with Crippen LogP contribution < -0.4 is 5.43 Å². The molecule has 0 aliphatic rings. The van der Waals surface area contributed by atoms with Crippen LogP contribution in [0.2, 0.25) is 0 Å². The summed E-state index contributed by atoms with van der Waals surface area (Å²) in [5, 5.41) is 25.5. The molecule has 0 saturated carbocycles. The molecule has 0 fully saturated rings. The maximum absolute atomic E-state index is 12.0. The first-order chi connectivity index (χ1) is 13.5. The summed E-state index contributed by atoms with van der Waals surface area (Å²) in [6.45, 7) is 2.21. The van der Waals surface area contributed by atoms with Gasteiger partial charge in [0.05, 0.1) is 21.5 Å². The highest BCUT2D eigenvalue weighted by Gasteiger charge is 2.19. The van der Waals surface area contributed by atoms with Gasteiger partial charge in [-0.25, -0.2) is 5.43 Å². The summed E-state index contributed by atoms with van der Waals surface area (Å²) < 4.78 is 0. The number of hydrogen-bond donors (Lipinski definition) is 1. The Labute approximate surface area is 164 Å². The number of benzene rings is 1. The van der Waals surface area contributed by atoms with Crippen LogP contribution in [0, 0.1) is 20.2 Å². The molecular weight excluding hydrogens is 364 g/mol. The van der Waals surface area contributed by atoms with Gasteiger partial charge in [-0.15, -0.1) is 0 Å². The van der Waals surface area contributed by atoms with Gasteiger partial charge in [-0.3, -0.25) is 25.0 Å². The zero-order valence-electron chi connectivity index (χ0n) is 16.3. The number of nitrogens with zero attached hydrogens (tertiary/aromatic N) is 3. The average molecular weight is 392 g/mol. The fraction of sp³-hybridized carbons (Fsp3) is 0.579. The Morgan fingerprint density at radius 3 is 1.93 bits per heavy atom. The van der Waals surface area contributed by atoms with E-state index in [0.717, 1.165) is 31.0 Å². The maximum Gasteiger partial charge on any atom is 0.277 e. The Kier molecular flexibility index (Phi) is 11.1. The van der Waals surface area contributed by atoms with Crippen LogP contribution in [0.25, 0.3) is 0 Å². The van der Waals surface area contributed by atoms with Crippen LogP contribution in [0.1, 0.15) is 81.5 Å². The van der Waals surface area contributed by atoms with Gasteiger partial charge in [0, 0.05) is 18.3 Å². The van der Waals surface area contributed by atoms with Gasteiger partial charge in [-0.05, 0) is 12.8 Å². The molecule has 1 aromatic rings. The summed E-state index contributed by atoms with van der Waals surface area (Å²) in [5.74, 6) is -0.727. The number of nitro groups is 2. The molecule has 0 radical (unpaired) electrons. The Morgan fingerprint density at radius 1 is 0.929 bits per heavy atom. The lowest BCUT2D eigenvalue weighted by Gasteiger charge is -2.01. The van der Waals surface area contributed by atoms with E-state index in [1.165, 1.54) is 44.9 Å². The number of nitro benzene ring substituents is 2. The molecule has 0 saturated heterocycles. The molecule has 0 aliphatic heterocycles. The molecular formula is C19H28N4O5. The first kappa shape index (κ1) is 23.2. The zero-order valence-corrected chi connectivity index (χ0v) is 16.3. The third kappa shape index (κ3) is 9.20. The van der Waals surface area contributed by atoms with E-state index >= 15 is 0 Å². The predicted octanol–water partition coefficient (Wildman–Crippen LogP) is 5.14. The van der Waals surface area contributed by atoms with E-state index in [-0.39, 0.29) is 5.56 Å². The molecule has 28 heavy (non-hydrogen) atoms. The monoisotopic (exact) mass is 392 g/mol. The smallest absolute Gasteiger partial charge is 0.267 e. The van der Waals surface area contributed by atoms with Crippen molar-refractivity contribution in [3.63, 3.8) is 0 Å². The van der Waals surface area contributed by atoms with E-state index in [4.69, 9.17) is 0 Å². The molecule has 1 aromatic carbocycles. The Morgan fingerprint density at radius 2 is 1.43 bits per heavy atom. The van der Waals surface area contributed by atoms with Crippen LogP contribution in [0.4, 0.5) is 11.4 Å². The van der Waals surface area contributed by atoms with E-state index in [9.17, 15) is 25.0 Å². The minimum Gasteiger partial charge on any atom is -0.267 e. The summed E-state index contributed by atoms with van der Waals surface area (Å²) in [6, 6.07) is 2.78. The minimum atomic E-state index is -0.781. The summed E-state index contributed by atoms with van der Waals surface area (Å²) in [7, 11) is 0. The number of non-ortho nitro benzene ring substituents is 2. The van der Waals surface area contributed by atoms with E-state index in [1.807, 2.05) is 0 Å². The van der Waals surface area contributed by atoms with E-state index < -0.39 is 27.1 Å². The van der Waals surface area contributed by atoms with Crippen LogP contribution in [0.3, 0.4) is 0 Å². The van der Waals surface area contributed by atoms with Crippen molar-refractivity contribution in [1.29, 1.82) is 0 Å². The predicted molar refractivity (Wildman–Crippen MR) is 108 cm³/mol. The third-order valence-corrected chi connectivity index (χ3v) is 4.28. The van der Waals surface area contributed by atoms with Crippen molar-refractivity contribution in [2.24, 2.45) is 5.10 Å². The standard InChI is InChI=1S/C19H28N4O5/c1-2-3-4-5-6-7-8-9-10-11-12-20-21-19(24)16-13-17(22(25)26)15-18(14-16)23(27)28/h12-15H,2-11H2,1H3,(H,21,24). The van der Waals surface area contributed by atoms with Crippen molar-refractivity contribution >= 4 is 23.5 Å². The van der Waals surface area contributed by atoms with E-state index in [2.05, 4.69) is 17.5 Å². The second kappa shape index (κ2) is 13.3. The Balaban J connectivity index is 2.32. The number of unbranched alkanes of at least 4 members (excludes halogenated alkanes) is 9. The lowest BCUT2D eigenvalue weighted by molar-refractivity contribution is -0.394. The van der Waals surface area contributed by atoms with Crippen LogP contribution >= 0.6 is 0 Å². The number of rotatable bonds is 14. The topological polar surface area (TPSA) is 128 Å². The number of amides is 1. The van der Waals surface area contributed by atoms with Crippen molar-refractivity contribution in [2.45, 2.75) is 71.1 Å². The highest BCUT2D eigenvalue weighted by Crippen LogP contribution is 2.22. The summed E-state index contributed by atoms with van der Waals surface area (Å²) >= 11 is 0. The van der Waals surface area contributed by atoms with Crippen molar-refractivity contribution in [1.82, 2.24) is 5.43 Å². The molecule has 0 spiro atoms. The van der Waals surface area contributed by atoms with Crippen molar-refractivity contribution in [2.75, 3.05) is 0 Å². The highest BCUT2D eigenvalue weighted by molar-refractivity contribution is 5.95. The second-order valence-electron chi connectivity index (χ2n) is 6.62. The van der Waals surface area contributed by atoms with Gasteiger partial charge >= 0.3 is 0 Å². The van der Waals surface area contributed by atoms with Gasteiger partial charge in [0.2, 0.25) is 0 Å². The molecule has 1 N–H and O–H groups in total. The summed E-state index contributed by atoms with van der Waals surface area (Å²) in [6.07, 6.45) is 13.2. The fourth-order valence-corrected chi connectivity index (χ4v) is 2.72. The lowest BCUT2D eigenvalue weighted by Crippen LogP contribution is -2.17. The van der Waals surface area contributed by atoms with Crippen molar-refractivity contribution in [3.05, 3.63) is 44.0 Å². The number of nitrogens with one attached hydrogen (secondary N) is 1. The van der Waals surface area contributed by atoms with Gasteiger partial charge in [0.25, 0.3) is 17.3 Å². The SMILES string of the molecule is CCCCCCCCCCCC=NNC(=O)c1cc([N+](=O)[O-])cc([N+](=O)[O-])c1. The molecule has 154 valence electrons. The third-order valence-electron chi connectivity index (χ3n) is 4.28. The van der Waals surface area contributed by atoms with E-state index in [0.29, 0.717) is 6.42 Å². The molecule has 1 rings (SSSR count). The number of hydrazone groups is 1. The largest absolute Gasteiger partial charge is 0.277 e. The molecule has 1 amide bonds. The minimum absolute atomic E-state index is 0.180. The van der Waals surface area contributed by atoms with Gasteiger partial charge < -0.3 is 0 Å². The maximum atomic E-state index is 12.0. The average Bonchev–Trinajstić information content (AvgIpc) is 2.68. The molecule has 0 atom stereocenters. The first-order valence-electron chi connectivity index (χ1n) is 9.71. The van der Waals surface area contributed by atoms with Crippen LogP contribution in [0.15, 0.2) is 23.3 Å². The molecule has 0 bridgehead atoms. The lowest BCUT2D eigenvalue weighted by atomic mass is 10.1. The highest BCUT2D eigenvalue weighted by atomic mass is 16.6. The van der Waals surface area contributed by atoms with E-state index in [1.54, 1.807) is 6.21 Å². The second-order valence-corrected chi connectivity index (χ2v) is 6.62. The molecule has 0 heterocycles. The van der Waals surface area contributed by atoms with Crippen LogP contribution in [-0.2, 0) is 0 Å². The summed E-state index contributed by atoms with van der Waals surface area (Å²) in [5.41, 5.74) is 1.04. The first-order valence-corrected chi connectivity index (χ1v) is 9.71. The van der Waals surface area contributed by atoms with Crippen LogP contribution in [-0.4, -0.2) is 22.0 Å². The van der Waals surface area contributed by atoms with Crippen molar-refractivity contribution < 1.29 is 14.6 Å². The quantitative estimate of drug-likeness (QED) is 0.203. The number of hydrogen-bond acceptors (Lipinski definition) is 6. The van der Waals surface area contributed by atoms with Crippen molar-refractivity contribution in [3.8, 4) is 0 Å². The summed E-state index contributed by atoms with van der Waals surface area (Å²) in [4.78, 5) is 32.1. The molecule has 9 nitrogen and oxygen atoms in total. The Hall–Kier alpha value is -2.84. The Bertz CT molecular complexity index is 659. The number of carbonyl (C=O) groups excluding carboxylic acids is 1. The molecule has 0 unspecified atom stereocenters. The molecule has 0 aromatic heterocycles. The van der Waals surface area contributed by atoms with Gasteiger partial charge in [0.1, 0.15) is 0 Å². The molecule has 0 aliphatic carbocycles. The fourth-order valence-electron chi connectivity index (χ4n) is 2.72. The van der Waals surface area contributed by atoms with Gasteiger partial charge in [-0.1, -0.05) is 58.3 Å². The zero-order chi connectivity index (χ0) is 20.8. The van der Waals surface area contributed by atoms with Gasteiger partial charge in [-0.2, -0.15) is 5.10 Å².